The van der Waals surface area contributed by atoms with Crippen molar-refractivity contribution in [3.63, 3.8) is 0 Å². The third-order valence-electron chi connectivity index (χ3n) is 3.54. The molecule has 4 heteroatoms. The van der Waals surface area contributed by atoms with Crippen LogP contribution in [0.4, 0.5) is 0 Å². The third-order valence-corrected chi connectivity index (χ3v) is 3.99. The SMILES string of the molecule is C=C1C=C(N(C)C)C=CC1=NC1C=CC(N(C)C)=CC1S. The van der Waals surface area contributed by atoms with Gasteiger partial charge in [0.25, 0.3) is 0 Å². The van der Waals surface area contributed by atoms with Gasteiger partial charge in [0.15, 0.2) is 0 Å². The Kier molecular flexibility index (Phi) is 4.78. The second-order valence-electron chi connectivity index (χ2n) is 5.66. The van der Waals surface area contributed by atoms with Crippen molar-refractivity contribution >= 4 is 18.3 Å². The molecule has 0 N–H and O–H groups in total. The first-order chi connectivity index (χ1) is 9.88. The van der Waals surface area contributed by atoms with E-state index in [0.717, 1.165) is 17.0 Å². The molecule has 0 aromatic rings. The van der Waals surface area contributed by atoms with E-state index in [4.69, 9.17) is 4.99 Å². The Balaban J connectivity index is 2.15. The summed E-state index contributed by atoms with van der Waals surface area (Å²) < 4.78 is 0. The zero-order valence-corrected chi connectivity index (χ0v) is 14.0. The molecule has 0 bridgehead atoms. The number of nitrogens with zero attached hydrogens (tertiary/aromatic N) is 3. The summed E-state index contributed by atoms with van der Waals surface area (Å²) in [7, 11) is 8.10. The van der Waals surface area contributed by atoms with Crippen LogP contribution in [-0.2, 0) is 0 Å². The van der Waals surface area contributed by atoms with Crippen molar-refractivity contribution in [2.75, 3.05) is 28.2 Å². The Hall–Kier alpha value is -1.68. The zero-order chi connectivity index (χ0) is 15.6. The van der Waals surface area contributed by atoms with Crippen LogP contribution in [0, 0.1) is 0 Å². The molecule has 0 amide bonds. The maximum Gasteiger partial charge on any atom is 0.0842 e. The van der Waals surface area contributed by atoms with Gasteiger partial charge in [-0.05, 0) is 36.0 Å². The van der Waals surface area contributed by atoms with Crippen LogP contribution in [0.5, 0.6) is 0 Å². The molecule has 0 saturated heterocycles. The smallest absolute Gasteiger partial charge is 0.0842 e. The van der Waals surface area contributed by atoms with E-state index >= 15 is 0 Å². The molecule has 2 aliphatic rings. The average Bonchev–Trinajstić information content (AvgIpc) is 2.42. The van der Waals surface area contributed by atoms with Gasteiger partial charge < -0.3 is 9.80 Å². The quantitative estimate of drug-likeness (QED) is 0.808. The monoisotopic (exact) mass is 301 g/mol. The lowest BCUT2D eigenvalue weighted by atomic mass is 10.0. The van der Waals surface area contributed by atoms with E-state index in [1.54, 1.807) is 0 Å². The van der Waals surface area contributed by atoms with Crippen LogP contribution in [0.15, 0.2) is 65.0 Å². The van der Waals surface area contributed by atoms with Crippen LogP contribution in [0.2, 0.25) is 0 Å². The maximum absolute atomic E-state index is 4.79. The Bertz CT molecular complexity index is 577. The Morgan fingerprint density at radius 1 is 1.05 bits per heavy atom. The molecular weight excluding hydrogens is 278 g/mol. The van der Waals surface area contributed by atoms with E-state index < -0.39 is 0 Å². The lowest BCUT2D eigenvalue weighted by Gasteiger charge is -2.24. The van der Waals surface area contributed by atoms with E-state index in [9.17, 15) is 0 Å². The second-order valence-corrected chi connectivity index (χ2v) is 6.26. The largest absolute Gasteiger partial charge is 0.378 e. The highest BCUT2D eigenvalue weighted by atomic mass is 32.1. The fourth-order valence-corrected chi connectivity index (χ4v) is 2.51. The minimum absolute atomic E-state index is 0.0442. The average molecular weight is 301 g/mol. The highest BCUT2D eigenvalue weighted by molar-refractivity contribution is 7.81. The van der Waals surface area contributed by atoms with Gasteiger partial charge in [-0.3, -0.25) is 4.99 Å². The summed E-state index contributed by atoms with van der Waals surface area (Å²) in [5.74, 6) is 0. The molecule has 0 aromatic heterocycles. The summed E-state index contributed by atoms with van der Waals surface area (Å²) in [5.41, 5.74) is 4.17. The van der Waals surface area contributed by atoms with Crippen LogP contribution >= 0.6 is 12.6 Å². The summed E-state index contributed by atoms with van der Waals surface area (Å²) in [5, 5.41) is 0.0836. The van der Waals surface area contributed by atoms with Gasteiger partial charge in [-0.25, -0.2) is 0 Å². The Morgan fingerprint density at radius 2 is 1.71 bits per heavy atom. The van der Waals surface area contributed by atoms with Crippen LogP contribution in [0.25, 0.3) is 0 Å². The van der Waals surface area contributed by atoms with Crippen molar-refractivity contribution in [3.8, 4) is 0 Å². The fourth-order valence-electron chi connectivity index (χ4n) is 2.19. The highest BCUT2D eigenvalue weighted by Crippen LogP contribution is 2.22. The van der Waals surface area contributed by atoms with Crippen molar-refractivity contribution in [2.45, 2.75) is 11.3 Å². The molecule has 0 aromatic carbocycles. The summed E-state index contributed by atoms with van der Waals surface area (Å²) >= 11 is 4.65. The van der Waals surface area contributed by atoms with Gasteiger partial charge >= 0.3 is 0 Å². The Morgan fingerprint density at radius 3 is 2.24 bits per heavy atom. The van der Waals surface area contributed by atoms with Gasteiger partial charge in [0.2, 0.25) is 0 Å². The first kappa shape index (κ1) is 15.7. The summed E-state index contributed by atoms with van der Waals surface area (Å²) in [6, 6.07) is 0.0442. The third kappa shape index (κ3) is 3.70. The molecule has 0 aliphatic heterocycles. The molecular formula is C17H23N3S. The molecule has 2 atom stereocenters. The maximum atomic E-state index is 4.79. The van der Waals surface area contributed by atoms with Crippen LogP contribution in [0.1, 0.15) is 0 Å². The number of likely N-dealkylation sites (N-methyl/N-ethyl adjacent to an activating group) is 2. The summed E-state index contributed by atoms with van der Waals surface area (Å²) in [6.45, 7) is 4.10. The summed E-state index contributed by atoms with van der Waals surface area (Å²) in [6.07, 6.45) is 12.5. The number of hydrogen-bond donors (Lipinski definition) is 1. The van der Waals surface area contributed by atoms with Gasteiger partial charge in [0, 0.05) is 44.8 Å². The molecule has 0 spiro atoms. The van der Waals surface area contributed by atoms with E-state index in [-0.39, 0.29) is 11.3 Å². The first-order valence-corrected chi connectivity index (χ1v) is 7.49. The molecule has 0 radical (unpaired) electrons. The van der Waals surface area contributed by atoms with Gasteiger partial charge in [0.1, 0.15) is 0 Å². The van der Waals surface area contributed by atoms with E-state index in [2.05, 4.69) is 59.4 Å². The molecule has 2 unspecified atom stereocenters. The van der Waals surface area contributed by atoms with Crippen LogP contribution < -0.4 is 0 Å². The number of allylic oxidation sites excluding steroid dienone is 5. The van der Waals surface area contributed by atoms with Gasteiger partial charge in [-0.15, -0.1) is 0 Å². The number of thiol groups is 1. The van der Waals surface area contributed by atoms with Crippen molar-refractivity contribution in [3.05, 3.63) is 60.0 Å². The van der Waals surface area contributed by atoms with Crippen LogP contribution in [-0.4, -0.2) is 55.0 Å². The van der Waals surface area contributed by atoms with Crippen molar-refractivity contribution in [2.24, 2.45) is 4.99 Å². The van der Waals surface area contributed by atoms with Crippen molar-refractivity contribution in [1.29, 1.82) is 0 Å². The van der Waals surface area contributed by atoms with Crippen LogP contribution in [0.3, 0.4) is 0 Å². The normalized spacial score (nSPS) is 26.7. The molecule has 2 rings (SSSR count). The predicted molar refractivity (Wildman–Crippen MR) is 95.0 cm³/mol. The zero-order valence-electron chi connectivity index (χ0n) is 13.1. The second kappa shape index (κ2) is 6.39. The molecule has 21 heavy (non-hydrogen) atoms. The van der Waals surface area contributed by atoms with E-state index in [1.807, 2.05) is 34.3 Å². The number of aliphatic imine (C=N–C) groups is 1. The minimum atomic E-state index is 0.0442. The van der Waals surface area contributed by atoms with Gasteiger partial charge in [-0.1, -0.05) is 12.7 Å². The van der Waals surface area contributed by atoms with Crippen molar-refractivity contribution in [1.82, 2.24) is 9.80 Å². The van der Waals surface area contributed by atoms with E-state index in [1.165, 1.54) is 5.70 Å². The lowest BCUT2D eigenvalue weighted by molar-refractivity contribution is 0.522. The number of hydrogen-bond acceptors (Lipinski definition) is 4. The first-order valence-electron chi connectivity index (χ1n) is 6.98. The molecule has 0 heterocycles. The molecule has 0 saturated carbocycles. The molecule has 3 nitrogen and oxygen atoms in total. The molecule has 0 fully saturated rings. The number of rotatable bonds is 3. The van der Waals surface area contributed by atoms with Gasteiger partial charge in [-0.2, -0.15) is 12.6 Å². The van der Waals surface area contributed by atoms with Gasteiger partial charge in [0.05, 0.1) is 11.8 Å². The van der Waals surface area contributed by atoms with Crippen molar-refractivity contribution < 1.29 is 0 Å². The standard InChI is InChI=1S/C17H23N3S/c1-12-10-13(19(2)3)6-8-15(12)18-16-9-7-14(20(4)5)11-17(16)21/h6-11,16-17,21H,1H2,2-5H3. The predicted octanol–water partition coefficient (Wildman–Crippen LogP) is 2.68. The minimum Gasteiger partial charge on any atom is -0.378 e. The summed E-state index contributed by atoms with van der Waals surface area (Å²) in [4.78, 5) is 8.93. The molecule has 2 aliphatic carbocycles. The van der Waals surface area contributed by atoms with E-state index in [0.29, 0.717) is 0 Å². The highest BCUT2D eigenvalue weighted by Gasteiger charge is 2.19. The Labute approximate surface area is 133 Å². The fraction of sp³-hybridized carbons (Fsp3) is 0.353. The molecule has 112 valence electrons. The lowest BCUT2D eigenvalue weighted by Crippen LogP contribution is -2.24. The topological polar surface area (TPSA) is 18.8 Å².